The molecule has 0 aliphatic carbocycles. The van der Waals surface area contributed by atoms with Crippen LogP contribution in [0.3, 0.4) is 0 Å². The molecule has 2 aromatic heterocycles. The molecule has 3 aromatic rings. The molecule has 1 saturated heterocycles. The summed E-state index contributed by atoms with van der Waals surface area (Å²) in [5.74, 6) is -0.129. The van der Waals surface area contributed by atoms with Crippen LogP contribution in [0.5, 0.6) is 0 Å². The molecule has 0 spiro atoms. The summed E-state index contributed by atoms with van der Waals surface area (Å²) < 4.78 is 5.05. The van der Waals surface area contributed by atoms with E-state index in [1.54, 1.807) is 17.0 Å². The van der Waals surface area contributed by atoms with Gasteiger partial charge in [0.2, 0.25) is 11.0 Å². The van der Waals surface area contributed by atoms with E-state index in [4.69, 9.17) is 4.42 Å². The van der Waals surface area contributed by atoms with E-state index in [-0.39, 0.29) is 23.5 Å². The number of anilines is 2. The number of carbonyl (C=O) groups excluding carboxylic acids is 2. The van der Waals surface area contributed by atoms with Gasteiger partial charge in [0, 0.05) is 24.6 Å². The Kier molecular flexibility index (Phi) is 4.26. The maximum absolute atomic E-state index is 12.4. The van der Waals surface area contributed by atoms with Gasteiger partial charge in [-0.1, -0.05) is 29.0 Å². The third kappa shape index (κ3) is 3.23. The molecule has 1 atom stereocenters. The second-order valence-electron chi connectivity index (χ2n) is 6.12. The minimum absolute atomic E-state index is 0.0319. The predicted molar refractivity (Wildman–Crippen MR) is 97.5 cm³/mol. The van der Waals surface area contributed by atoms with Gasteiger partial charge in [0.1, 0.15) is 5.01 Å². The fourth-order valence-electron chi connectivity index (χ4n) is 2.86. The third-order valence-electron chi connectivity index (χ3n) is 4.23. The third-order valence-corrected chi connectivity index (χ3v) is 5.23. The van der Waals surface area contributed by atoms with Gasteiger partial charge in [-0.05, 0) is 31.2 Å². The van der Waals surface area contributed by atoms with Gasteiger partial charge in [0.25, 0.3) is 5.91 Å². The fourth-order valence-corrected chi connectivity index (χ4v) is 3.69. The van der Waals surface area contributed by atoms with Crippen molar-refractivity contribution in [1.82, 2.24) is 10.2 Å². The average molecular weight is 368 g/mol. The van der Waals surface area contributed by atoms with Crippen LogP contribution in [-0.2, 0) is 4.79 Å². The largest absolute Gasteiger partial charge is 0.459 e. The molecule has 2 amide bonds. The van der Waals surface area contributed by atoms with E-state index in [0.29, 0.717) is 18.1 Å². The van der Waals surface area contributed by atoms with Crippen molar-refractivity contribution in [2.24, 2.45) is 0 Å². The lowest BCUT2D eigenvalue weighted by Crippen LogP contribution is -2.24. The van der Waals surface area contributed by atoms with Gasteiger partial charge in [-0.2, -0.15) is 0 Å². The Hall–Kier alpha value is -3.00. The summed E-state index contributed by atoms with van der Waals surface area (Å²) >= 11 is 1.28. The van der Waals surface area contributed by atoms with Gasteiger partial charge in [-0.3, -0.25) is 14.9 Å². The molecule has 1 N–H and O–H groups in total. The molecule has 1 aliphatic rings. The van der Waals surface area contributed by atoms with Crippen molar-refractivity contribution in [2.75, 3.05) is 16.8 Å². The zero-order chi connectivity index (χ0) is 18.1. The number of rotatable bonds is 4. The predicted octanol–water partition coefficient (Wildman–Crippen LogP) is 3.21. The molecule has 1 aromatic carbocycles. The van der Waals surface area contributed by atoms with Crippen LogP contribution >= 0.6 is 11.3 Å². The molecule has 132 valence electrons. The first kappa shape index (κ1) is 16.5. The first-order chi connectivity index (χ1) is 12.6. The fraction of sp³-hybridized carbons (Fsp3) is 0.222. The van der Waals surface area contributed by atoms with Crippen LogP contribution in [0, 0.1) is 6.92 Å². The lowest BCUT2D eigenvalue weighted by molar-refractivity contribution is -0.117. The molecular weight excluding hydrogens is 352 g/mol. The average Bonchev–Trinajstić information content (AvgIpc) is 3.36. The van der Waals surface area contributed by atoms with Crippen molar-refractivity contribution < 1.29 is 14.0 Å². The van der Waals surface area contributed by atoms with Gasteiger partial charge in [0.15, 0.2) is 5.76 Å². The second kappa shape index (κ2) is 6.72. The zero-order valence-electron chi connectivity index (χ0n) is 14.0. The van der Waals surface area contributed by atoms with Gasteiger partial charge in [-0.15, -0.1) is 10.2 Å². The topological polar surface area (TPSA) is 88.3 Å². The monoisotopic (exact) mass is 368 g/mol. The van der Waals surface area contributed by atoms with E-state index >= 15 is 0 Å². The van der Waals surface area contributed by atoms with Crippen LogP contribution in [0.4, 0.5) is 10.8 Å². The van der Waals surface area contributed by atoms with Gasteiger partial charge < -0.3 is 9.32 Å². The quantitative estimate of drug-likeness (QED) is 0.764. The Bertz CT molecular complexity index is 934. The summed E-state index contributed by atoms with van der Waals surface area (Å²) in [5.41, 5.74) is 2.04. The van der Waals surface area contributed by atoms with Crippen molar-refractivity contribution in [2.45, 2.75) is 19.3 Å². The highest BCUT2D eigenvalue weighted by Gasteiger charge is 2.34. The Morgan fingerprint density at radius 1 is 1.27 bits per heavy atom. The summed E-state index contributed by atoms with van der Waals surface area (Å²) in [6.07, 6.45) is 1.82. The minimum Gasteiger partial charge on any atom is -0.459 e. The van der Waals surface area contributed by atoms with Crippen LogP contribution in [-0.4, -0.2) is 28.6 Å². The van der Waals surface area contributed by atoms with E-state index in [2.05, 4.69) is 15.5 Å². The molecule has 3 heterocycles. The molecule has 7 nitrogen and oxygen atoms in total. The Morgan fingerprint density at radius 3 is 2.81 bits per heavy atom. The molecular formula is C18H16N4O3S. The highest BCUT2D eigenvalue weighted by Crippen LogP contribution is 2.34. The molecule has 0 saturated carbocycles. The number of nitrogens with one attached hydrogen (secondary N) is 1. The normalized spacial score (nSPS) is 16.9. The highest BCUT2D eigenvalue weighted by molar-refractivity contribution is 7.15. The first-order valence-electron chi connectivity index (χ1n) is 8.15. The number of carbonyl (C=O) groups is 2. The van der Waals surface area contributed by atoms with Crippen LogP contribution in [0.1, 0.15) is 33.5 Å². The number of nitrogens with zero attached hydrogens (tertiary/aromatic N) is 3. The van der Waals surface area contributed by atoms with E-state index in [0.717, 1.165) is 16.3 Å². The number of aryl methyl sites for hydroxylation is 1. The Balaban J connectivity index is 1.45. The van der Waals surface area contributed by atoms with Crippen molar-refractivity contribution in [1.29, 1.82) is 0 Å². The maximum atomic E-state index is 12.4. The molecule has 1 fully saturated rings. The number of benzene rings is 1. The second-order valence-corrected chi connectivity index (χ2v) is 7.13. The molecule has 1 aliphatic heterocycles. The van der Waals surface area contributed by atoms with E-state index in [1.165, 1.54) is 17.6 Å². The van der Waals surface area contributed by atoms with Gasteiger partial charge in [0.05, 0.1) is 6.26 Å². The summed E-state index contributed by atoms with van der Waals surface area (Å²) in [5, 5.41) is 12.0. The Labute approximate surface area is 153 Å². The number of amides is 2. The smallest absolute Gasteiger partial charge is 0.293 e. The van der Waals surface area contributed by atoms with Gasteiger partial charge in [-0.25, -0.2) is 0 Å². The van der Waals surface area contributed by atoms with Crippen molar-refractivity contribution in [3.05, 3.63) is 59.0 Å². The van der Waals surface area contributed by atoms with Crippen LogP contribution in [0.2, 0.25) is 0 Å². The molecule has 0 bridgehead atoms. The maximum Gasteiger partial charge on any atom is 0.293 e. The van der Waals surface area contributed by atoms with E-state index in [1.807, 2.05) is 31.2 Å². The van der Waals surface area contributed by atoms with Crippen molar-refractivity contribution in [3.8, 4) is 0 Å². The minimum atomic E-state index is -0.374. The zero-order valence-corrected chi connectivity index (χ0v) is 14.8. The lowest BCUT2D eigenvalue weighted by atomic mass is 10.1. The van der Waals surface area contributed by atoms with Crippen LogP contribution < -0.4 is 10.2 Å². The van der Waals surface area contributed by atoms with Crippen molar-refractivity contribution >= 4 is 34.0 Å². The number of furan rings is 1. The molecule has 4 rings (SSSR count). The first-order valence-corrected chi connectivity index (χ1v) is 8.97. The molecule has 26 heavy (non-hydrogen) atoms. The molecule has 8 heteroatoms. The summed E-state index contributed by atoms with van der Waals surface area (Å²) in [4.78, 5) is 26.1. The summed E-state index contributed by atoms with van der Waals surface area (Å²) in [7, 11) is 0. The molecule has 0 radical (unpaired) electrons. The number of hydrogen-bond donors (Lipinski definition) is 1. The van der Waals surface area contributed by atoms with E-state index < -0.39 is 0 Å². The van der Waals surface area contributed by atoms with Gasteiger partial charge >= 0.3 is 0 Å². The van der Waals surface area contributed by atoms with E-state index in [9.17, 15) is 9.59 Å². The summed E-state index contributed by atoms with van der Waals surface area (Å²) in [6.45, 7) is 2.57. The number of aromatic nitrogens is 2. The van der Waals surface area contributed by atoms with Crippen LogP contribution in [0.25, 0.3) is 0 Å². The highest BCUT2D eigenvalue weighted by atomic mass is 32.1. The van der Waals surface area contributed by atoms with Crippen molar-refractivity contribution in [3.63, 3.8) is 0 Å². The lowest BCUT2D eigenvalue weighted by Gasteiger charge is -2.16. The standard InChI is InChI=1S/C18H16N4O3S/c1-11-4-6-13(7-5-11)22-10-12(9-15(22)23)17-20-21-18(26-17)19-16(24)14-3-2-8-25-14/h2-8,12H,9-10H2,1H3,(H,19,21,24). The van der Waals surface area contributed by atoms with Crippen LogP contribution in [0.15, 0.2) is 47.1 Å². The molecule has 1 unspecified atom stereocenters. The Morgan fingerprint density at radius 2 is 2.08 bits per heavy atom. The SMILES string of the molecule is Cc1ccc(N2CC(c3nnc(NC(=O)c4ccco4)s3)CC2=O)cc1. The number of hydrogen-bond acceptors (Lipinski definition) is 6. The summed E-state index contributed by atoms with van der Waals surface area (Å²) in [6, 6.07) is 11.1.